The molecule has 1 amide bonds. The lowest BCUT2D eigenvalue weighted by molar-refractivity contribution is -0.386. The molecule has 1 atom stereocenters. The first-order valence-corrected chi connectivity index (χ1v) is 6.51. The molecule has 0 saturated carbocycles. The molecule has 0 aliphatic rings. The number of aliphatic hydroxyl groups excluding tert-OH is 1. The minimum atomic E-state index is -0.872. The quantitative estimate of drug-likeness (QED) is 0.637. The molecule has 2 N–H and O–H groups in total. The van der Waals surface area contributed by atoms with Crippen LogP contribution in [0, 0.1) is 10.1 Å². The average Bonchev–Trinajstić information content (AvgIpc) is 2.36. The highest BCUT2D eigenvalue weighted by molar-refractivity contribution is 5.81. The van der Waals surface area contributed by atoms with Crippen molar-refractivity contribution in [1.82, 2.24) is 5.32 Å². The molecule has 0 bridgehead atoms. The van der Waals surface area contributed by atoms with E-state index in [1.165, 1.54) is 25.1 Å². The summed E-state index contributed by atoms with van der Waals surface area (Å²) in [6.45, 7) is 6.70. The summed E-state index contributed by atoms with van der Waals surface area (Å²) < 4.78 is 5.38. The highest BCUT2D eigenvalue weighted by Crippen LogP contribution is 2.29. The Morgan fingerprint density at radius 1 is 1.48 bits per heavy atom. The number of nitrogens with one attached hydrogen (secondary N) is 1. The van der Waals surface area contributed by atoms with Gasteiger partial charge in [-0.3, -0.25) is 14.9 Å². The van der Waals surface area contributed by atoms with E-state index in [4.69, 9.17) is 9.84 Å². The van der Waals surface area contributed by atoms with Crippen LogP contribution in [0.25, 0.3) is 0 Å². The summed E-state index contributed by atoms with van der Waals surface area (Å²) >= 11 is 0. The fourth-order valence-corrected chi connectivity index (χ4v) is 1.62. The van der Waals surface area contributed by atoms with Crippen LogP contribution in [-0.4, -0.2) is 27.6 Å². The second-order valence-electron chi connectivity index (χ2n) is 5.72. The van der Waals surface area contributed by atoms with Crippen molar-refractivity contribution < 1.29 is 19.6 Å². The number of amides is 1. The third-order valence-corrected chi connectivity index (χ3v) is 2.57. The molecule has 21 heavy (non-hydrogen) atoms. The molecule has 1 rings (SSSR count). The Balaban J connectivity index is 2.92. The third-order valence-electron chi connectivity index (χ3n) is 2.57. The van der Waals surface area contributed by atoms with E-state index in [0.29, 0.717) is 5.56 Å². The van der Waals surface area contributed by atoms with E-state index in [0.717, 1.165) is 0 Å². The van der Waals surface area contributed by atoms with Gasteiger partial charge < -0.3 is 15.2 Å². The first kappa shape index (κ1) is 16.9. The summed E-state index contributed by atoms with van der Waals surface area (Å²) in [7, 11) is 0. The van der Waals surface area contributed by atoms with Gasteiger partial charge in [0.15, 0.2) is 11.9 Å². The van der Waals surface area contributed by atoms with Crippen molar-refractivity contribution in [3.63, 3.8) is 0 Å². The molecular formula is C14H20N2O5. The number of nitro groups is 1. The predicted molar refractivity (Wildman–Crippen MR) is 77.0 cm³/mol. The Hall–Kier alpha value is -2.15. The lowest BCUT2D eigenvalue weighted by atomic mass is 10.1. The number of hydrogen-bond donors (Lipinski definition) is 2. The molecule has 1 unspecified atom stereocenters. The number of nitro benzene ring substituents is 1. The van der Waals surface area contributed by atoms with Crippen molar-refractivity contribution in [3.8, 4) is 5.75 Å². The number of hydrogen-bond acceptors (Lipinski definition) is 5. The fraction of sp³-hybridized carbons (Fsp3) is 0.500. The largest absolute Gasteiger partial charge is 0.474 e. The second kappa shape index (κ2) is 6.53. The highest BCUT2D eigenvalue weighted by atomic mass is 16.6. The molecule has 116 valence electrons. The van der Waals surface area contributed by atoms with Gasteiger partial charge in [0.25, 0.3) is 5.91 Å². The first-order valence-electron chi connectivity index (χ1n) is 6.51. The number of carbonyl (C=O) groups excluding carboxylic acids is 1. The molecule has 0 saturated heterocycles. The van der Waals surface area contributed by atoms with Crippen LogP contribution in [0.5, 0.6) is 5.75 Å². The summed E-state index contributed by atoms with van der Waals surface area (Å²) in [4.78, 5) is 22.3. The number of carbonyl (C=O) groups is 1. The van der Waals surface area contributed by atoms with Gasteiger partial charge in [-0.1, -0.05) is 6.07 Å². The Morgan fingerprint density at radius 2 is 2.10 bits per heavy atom. The third kappa shape index (κ3) is 5.03. The molecule has 7 nitrogen and oxygen atoms in total. The lowest BCUT2D eigenvalue weighted by Crippen LogP contribution is -2.46. The molecule has 0 aliphatic carbocycles. The van der Waals surface area contributed by atoms with Crippen LogP contribution in [0.15, 0.2) is 18.2 Å². The Morgan fingerprint density at radius 3 is 2.57 bits per heavy atom. The molecule has 1 aromatic rings. The molecule has 0 radical (unpaired) electrons. The molecule has 0 aromatic heterocycles. The number of rotatable bonds is 5. The standard InChI is InChI=1S/C14H20N2O5/c1-9(13(18)15-14(2,3)4)21-12-6-5-10(8-17)7-11(12)16(19)20/h5-7,9,17H,8H2,1-4H3,(H,15,18). The molecule has 0 fully saturated rings. The van der Waals surface area contributed by atoms with Gasteiger partial charge in [0, 0.05) is 11.6 Å². The van der Waals surface area contributed by atoms with Crippen molar-refractivity contribution in [2.45, 2.75) is 45.9 Å². The van der Waals surface area contributed by atoms with Crippen LogP contribution in [-0.2, 0) is 11.4 Å². The summed E-state index contributed by atoms with van der Waals surface area (Å²) in [5, 5.41) is 22.8. The zero-order valence-corrected chi connectivity index (χ0v) is 12.5. The minimum absolute atomic E-state index is 0.00578. The van der Waals surface area contributed by atoms with Crippen molar-refractivity contribution in [2.24, 2.45) is 0 Å². The molecule has 0 heterocycles. The van der Waals surface area contributed by atoms with Gasteiger partial charge in [-0.05, 0) is 39.3 Å². The fourth-order valence-electron chi connectivity index (χ4n) is 1.62. The summed E-state index contributed by atoms with van der Waals surface area (Å²) in [5.41, 5.74) is -0.292. The number of nitrogens with zero attached hydrogens (tertiary/aromatic N) is 1. The number of benzene rings is 1. The van der Waals surface area contributed by atoms with Gasteiger partial charge in [-0.2, -0.15) is 0 Å². The van der Waals surface area contributed by atoms with Gasteiger partial charge in [-0.25, -0.2) is 0 Å². The molecular weight excluding hydrogens is 276 g/mol. The minimum Gasteiger partial charge on any atom is -0.474 e. The Bertz CT molecular complexity index is 537. The van der Waals surface area contributed by atoms with Crippen LogP contribution >= 0.6 is 0 Å². The molecule has 7 heteroatoms. The molecule has 1 aromatic carbocycles. The van der Waals surface area contributed by atoms with Crippen molar-refractivity contribution in [2.75, 3.05) is 0 Å². The predicted octanol–water partition coefficient (Wildman–Crippen LogP) is 1.77. The zero-order chi connectivity index (χ0) is 16.2. The monoisotopic (exact) mass is 296 g/mol. The Labute approximate surface area is 123 Å². The maximum atomic E-state index is 11.9. The van der Waals surface area contributed by atoms with E-state index in [9.17, 15) is 14.9 Å². The lowest BCUT2D eigenvalue weighted by Gasteiger charge is -2.23. The van der Waals surface area contributed by atoms with Crippen molar-refractivity contribution >= 4 is 11.6 Å². The van der Waals surface area contributed by atoms with Crippen LogP contribution in [0.4, 0.5) is 5.69 Å². The maximum Gasteiger partial charge on any atom is 0.311 e. The summed E-state index contributed by atoms with van der Waals surface area (Å²) in [5.74, 6) is -0.364. The topological polar surface area (TPSA) is 102 Å². The Kier molecular flexibility index (Phi) is 5.26. The van der Waals surface area contributed by atoms with E-state index in [1.54, 1.807) is 0 Å². The van der Waals surface area contributed by atoms with Gasteiger partial charge in [0.2, 0.25) is 0 Å². The maximum absolute atomic E-state index is 11.9. The van der Waals surface area contributed by atoms with Gasteiger partial charge in [-0.15, -0.1) is 0 Å². The van der Waals surface area contributed by atoms with Gasteiger partial charge in [0.05, 0.1) is 11.5 Å². The smallest absolute Gasteiger partial charge is 0.311 e. The normalized spacial score (nSPS) is 12.6. The van der Waals surface area contributed by atoms with E-state index in [1.807, 2.05) is 20.8 Å². The van der Waals surface area contributed by atoms with Crippen LogP contribution < -0.4 is 10.1 Å². The summed E-state index contributed by atoms with van der Waals surface area (Å²) in [6, 6.07) is 4.12. The van der Waals surface area contributed by atoms with E-state index >= 15 is 0 Å². The second-order valence-corrected chi connectivity index (χ2v) is 5.72. The highest BCUT2D eigenvalue weighted by Gasteiger charge is 2.24. The first-order chi connectivity index (χ1) is 9.64. The average molecular weight is 296 g/mol. The summed E-state index contributed by atoms with van der Waals surface area (Å²) in [6.07, 6.45) is -0.872. The number of aliphatic hydroxyl groups is 1. The van der Waals surface area contributed by atoms with Gasteiger partial charge >= 0.3 is 5.69 Å². The van der Waals surface area contributed by atoms with E-state index in [2.05, 4.69) is 5.32 Å². The van der Waals surface area contributed by atoms with E-state index in [-0.39, 0.29) is 24.0 Å². The van der Waals surface area contributed by atoms with Crippen LogP contribution in [0.1, 0.15) is 33.3 Å². The number of ether oxygens (including phenoxy) is 1. The van der Waals surface area contributed by atoms with Crippen LogP contribution in [0.3, 0.4) is 0 Å². The van der Waals surface area contributed by atoms with E-state index < -0.39 is 16.6 Å². The molecule has 0 spiro atoms. The van der Waals surface area contributed by atoms with Crippen molar-refractivity contribution in [3.05, 3.63) is 33.9 Å². The van der Waals surface area contributed by atoms with Crippen LogP contribution in [0.2, 0.25) is 0 Å². The SMILES string of the molecule is CC(Oc1ccc(CO)cc1[N+](=O)[O-])C(=O)NC(C)(C)C. The van der Waals surface area contributed by atoms with Crippen molar-refractivity contribution in [1.29, 1.82) is 0 Å². The molecule has 0 aliphatic heterocycles. The zero-order valence-electron chi connectivity index (χ0n) is 12.5. The van der Waals surface area contributed by atoms with Gasteiger partial charge in [0.1, 0.15) is 0 Å².